The van der Waals surface area contributed by atoms with Crippen LogP contribution in [0.3, 0.4) is 0 Å². The summed E-state index contributed by atoms with van der Waals surface area (Å²) in [6.45, 7) is 1.96. The van der Waals surface area contributed by atoms with Gasteiger partial charge in [0.1, 0.15) is 5.82 Å². The first-order chi connectivity index (χ1) is 9.10. The number of anilines is 2. The van der Waals surface area contributed by atoms with Crippen molar-refractivity contribution in [1.29, 1.82) is 0 Å². The van der Waals surface area contributed by atoms with Crippen LogP contribution in [-0.4, -0.2) is 23.0 Å². The molecule has 0 fully saturated rings. The second kappa shape index (κ2) is 5.67. The molecule has 0 radical (unpaired) electrons. The van der Waals surface area contributed by atoms with Crippen LogP contribution in [0.4, 0.5) is 11.5 Å². The van der Waals surface area contributed by atoms with Gasteiger partial charge in [-0.1, -0.05) is 17.7 Å². The van der Waals surface area contributed by atoms with Crippen LogP contribution in [-0.2, 0) is 4.74 Å². The Morgan fingerprint density at radius 1 is 1.32 bits per heavy atom. The number of aromatic nitrogens is 2. The normalized spacial score (nSPS) is 10.1. The number of nitrogens with zero attached hydrogens (tertiary/aromatic N) is 2. The third-order valence-electron chi connectivity index (χ3n) is 2.43. The Bertz CT molecular complexity index is 599. The van der Waals surface area contributed by atoms with E-state index in [-0.39, 0.29) is 5.69 Å². The zero-order valence-corrected chi connectivity index (χ0v) is 11.2. The van der Waals surface area contributed by atoms with Crippen molar-refractivity contribution in [3.05, 3.63) is 46.9 Å². The fraction of sp³-hybridized carbons (Fsp3) is 0.154. The summed E-state index contributed by atoms with van der Waals surface area (Å²) >= 11 is 6.10. The first kappa shape index (κ1) is 13.3. The minimum absolute atomic E-state index is 0.156. The Hall–Kier alpha value is -2.14. The lowest BCUT2D eigenvalue weighted by Gasteiger charge is -2.08. The molecule has 6 heteroatoms. The molecule has 0 unspecified atom stereocenters. The molecule has 1 heterocycles. The summed E-state index contributed by atoms with van der Waals surface area (Å²) < 4.78 is 4.54. The van der Waals surface area contributed by atoms with Gasteiger partial charge in [0.2, 0.25) is 0 Å². The molecule has 0 spiro atoms. The number of halogens is 1. The summed E-state index contributed by atoms with van der Waals surface area (Å²) in [5, 5.41) is 3.62. The minimum Gasteiger partial charge on any atom is -0.464 e. The predicted molar refractivity (Wildman–Crippen MR) is 72.8 cm³/mol. The van der Waals surface area contributed by atoms with Crippen LogP contribution in [0.2, 0.25) is 5.02 Å². The number of carbonyl (C=O) groups excluding carboxylic acids is 1. The zero-order valence-electron chi connectivity index (χ0n) is 10.5. The van der Waals surface area contributed by atoms with Crippen LogP contribution in [0.5, 0.6) is 0 Å². The van der Waals surface area contributed by atoms with E-state index < -0.39 is 5.97 Å². The van der Waals surface area contributed by atoms with Crippen molar-refractivity contribution < 1.29 is 9.53 Å². The van der Waals surface area contributed by atoms with E-state index in [1.54, 1.807) is 0 Å². The molecular formula is C13H12ClN3O2. The molecule has 0 atom stereocenters. The van der Waals surface area contributed by atoms with Crippen molar-refractivity contribution in [2.24, 2.45) is 0 Å². The average molecular weight is 278 g/mol. The second-order valence-electron chi connectivity index (χ2n) is 3.89. The number of methoxy groups -OCH3 is 1. The molecule has 5 nitrogen and oxygen atoms in total. The predicted octanol–water partition coefficient (Wildman–Crippen LogP) is 2.97. The largest absolute Gasteiger partial charge is 0.464 e. The van der Waals surface area contributed by atoms with Crippen LogP contribution in [0.1, 0.15) is 16.1 Å². The molecule has 0 saturated carbocycles. The molecule has 0 saturated heterocycles. The number of carbonyl (C=O) groups is 1. The maximum absolute atomic E-state index is 11.2. The van der Waals surface area contributed by atoms with E-state index in [0.29, 0.717) is 10.8 Å². The second-order valence-corrected chi connectivity index (χ2v) is 4.29. The molecule has 1 aromatic carbocycles. The summed E-state index contributed by atoms with van der Waals surface area (Å²) in [5.41, 5.74) is 1.96. The van der Waals surface area contributed by atoms with Gasteiger partial charge < -0.3 is 10.1 Å². The summed E-state index contributed by atoms with van der Waals surface area (Å²) in [4.78, 5) is 19.2. The van der Waals surface area contributed by atoms with Crippen LogP contribution >= 0.6 is 11.6 Å². The van der Waals surface area contributed by atoms with Crippen LogP contribution in [0, 0.1) is 6.92 Å². The molecule has 19 heavy (non-hydrogen) atoms. The highest BCUT2D eigenvalue weighted by atomic mass is 35.5. The van der Waals surface area contributed by atoms with Crippen molar-refractivity contribution >= 4 is 29.1 Å². The van der Waals surface area contributed by atoms with Crippen molar-refractivity contribution in [2.45, 2.75) is 6.92 Å². The number of rotatable bonds is 3. The average Bonchev–Trinajstić information content (AvgIpc) is 2.42. The van der Waals surface area contributed by atoms with Gasteiger partial charge >= 0.3 is 5.97 Å². The van der Waals surface area contributed by atoms with E-state index in [9.17, 15) is 4.79 Å². The van der Waals surface area contributed by atoms with E-state index in [2.05, 4.69) is 20.0 Å². The molecule has 0 amide bonds. The zero-order chi connectivity index (χ0) is 13.8. The van der Waals surface area contributed by atoms with Crippen molar-refractivity contribution in [1.82, 2.24) is 9.97 Å². The maximum atomic E-state index is 11.2. The third-order valence-corrected chi connectivity index (χ3v) is 2.75. The van der Waals surface area contributed by atoms with E-state index in [0.717, 1.165) is 11.3 Å². The van der Waals surface area contributed by atoms with Gasteiger partial charge in [0.25, 0.3) is 0 Å². The molecule has 0 aliphatic carbocycles. The van der Waals surface area contributed by atoms with Gasteiger partial charge in [-0.3, -0.25) is 0 Å². The summed E-state index contributed by atoms with van der Waals surface area (Å²) in [6, 6.07) is 5.64. The summed E-state index contributed by atoms with van der Waals surface area (Å²) in [6.07, 6.45) is 2.79. The van der Waals surface area contributed by atoms with Gasteiger partial charge in [-0.15, -0.1) is 0 Å². The lowest BCUT2D eigenvalue weighted by atomic mass is 10.2. The molecular weight excluding hydrogens is 266 g/mol. The topological polar surface area (TPSA) is 64.1 Å². The molecule has 1 N–H and O–H groups in total. The van der Waals surface area contributed by atoms with E-state index >= 15 is 0 Å². The molecule has 1 aromatic heterocycles. The van der Waals surface area contributed by atoms with E-state index in [1.165, 1.54) is 19.5 Å². The SMILES string of the molecule is COC(=O)c1cnc(Nc2ccc(C)cc2Cl)cn1. The van der Waals surface area contributed by atoms with Crippen molar-refractivity contribution in [2.75, 3.05) is 12.4 Å². The van der Waals surface area contributed by atoms with Gasteiger partial charge in [-0.25, -0.2) is 14.8 Å². The van der Waals surface area contributed by atoms with Gasteiger partial charge in [0, 0.05) is 0 Å². The smallest absolute Gasteiger partial charge is 0.358 e. The Labute approximate surface area is 115 Å². The fourth-order valence-electron chi connectivity index (χ4n) is 1.46. The monoisotopic (exact) mass is 277 g/mol. The van der Waals surface area contributed by atoms with Crippen molar-refractivity contribution in [3.8, 4) is 0 Å². The molecule has 2 rings (SSSR count). The number of aryl methyl sites for hydroxylation is 1. The van der Waals surface area contributed by atoms with E-state index in [1.807, 2.05) is 25.1 Å². The van der Waals surface area contributed by atoms with Gasteiger partial charge in [-0.2, -0.15) is 0 Å². The first-order valence-electron chi connectivity index (χ1n) is 5.53. The fourth-order valence-corrected chi connectivity index (χ4v) is 1.74. The summed E-state index contributed by atoms with van der Waals surface area (Å²) in [7, 11) is 1.29. The van der Waals surface area contributed by atoms with Gasteiger partial charge in [0.15, 0.2) is 5.69 Å². The quantitative estimate of drug-likeness (QED) is 0.874. The number of ether oxygens (including phenoxy) is 1. The number of hydrogen-bond acceptors (Lipinski definition) is 5. The number of benzene rings is 1. The lowest BCUT2D eigenvalue weighted by molar-refractivity contribution is 0.0593. The number of hydrogen-bond donors (Lipinski definition) is 1. The highest BCUT2D eigenvalue weighted by molar-refractivity contribution is 6.33. The number of nitrogens with one attached hydrogen (secondary N) is 1. The first-order valence-corrected chi connectivity index (χ1v) is 5.91. The van der Waals surface area contributed by atoms with Crippen LogP contribution in [0.15, 0.2) is 30.6 Å². The minimum atomic E-state index is -0.521. The Morgan fingerprint density at radius 2 is 2.11 bits per heavy atom. The Kier molecular flexibility index (Phi) is 3.97. The summed E-state index contributed by atoms with van der Waals surface area (Å²) in [5.74, 6) is -0.0224. The maximum Gasteiger partial charge on any atom is 0.358 e. The molecule has 2 aromatic rings. The highest BCUT2D eigenvalue weighted by Gasteiger charge is 2.08. The third kappa shape index (κ3) is 3.20. The van der Waals surface area contributed by atoms with Crippen molar-refractivity contribution in [3.63, 3.8) is 0 Å². The van der Waals surface area contributed by atoms with Crippen LogP contribution < -0.4 is 5.32 Å². The van der Waals surface area contributed by atoms with E-state index in [4.69, 9.17) is 11.6 Å². The molecule has 0 aliphatic rings. The van der Waals surface area contributed by atoms with Gasteiger partial charge in [0.05, 0.1) is 30.2 Å². The highest BCUT2D eigenvalue weighted by Crippen LogP contribution is 2.25. The van der Waals surface area contributed by atoms with Gasteiger partial charge in [-0.05, 0) is 24.6 Å². The molecule has 0 bridgehead atoms. The Balaban J connectivity index is 2.17. The standard InChI is InChI=1S/C13H12ClN3O2/c1-8-3-4-10(9(14)5-8)17-12-7-15-11(6-16-12)13(18)19-2/h3-7H,1-2H3,(H,16,17). The number of esters is 1. The molecule has 0 aliphatic heterocycles. The molecule has 98 valence electrons. The lowest BCUT2D eigenvalue weighted by Crippen LogP contribution is -2.05. The Morgan fingerprint density at radius 3 is 2.68 bits per heavy atom. The van der Waals surface area contributed by atoms with Crippen LogP contribution in [0.25, 0.3) is 0 Å².